The van der Waals surface area contributed by atoms with E-state index in [-0.39, 0.29) is 24.2 Å². The largest absolute Gasteiger partial charge is 0.495 e. The highest BCUT2D eigenvalue weighted by molar-refractivity contribution is 7.18. The highest BCUT2D eigenvalue weighted by Gasteiger charge is 2.30. The minimum absolute atomic E-state index is 0.102. The molecule has 29 heavy (non-hydrogen) atoms. The number of hydrogen-bond donors (Lipinski definition) is 1. The average Bonchev–Trinajstić information content (AvgIpc) is 3.33. The molecule has 1 aromatic heterocycles. The fraction of sp³-hybridized carbons (Fsp3) is 0.300. The number of nitro groups is 1. The second-order valence-electron chi connectivity index (χ2n) is 6.84. The number of rotatable bonds is 6. The first-order valence-electron chi connectivity index (χ1n) is 9.27. The van der Waals surface area contributed by atoms with Gasteiger partial charge in [0.1, 0.15) is 10.8 Å². The number of methoxy groups -OCH3 is 1. The summed E-state index contributed by atoms with van der Waals surface area (Å²) in [7, 11) is 1.46. The fourth-order valence-corrected chi connectivity index (χ4v) is 4.75. The summed E-state index contributed by atoms with van der Waals surface area (Å²) in [5.41, 5.74) is 1.17. The Balaban J connectivity index is 1.49. The van der Waals surface area contributed by atoms with Crippen molar-refractivity contribution in [2.45, 2.75) is 18.9 Å². The molecule has 9 heteroatoms. The van der Waals surface area contributed by atoms with Gasteiger partial charge in [-0.1, -0.05) is 12.1 Å². The standard InChI is InChI=1S/C20H20N4O4S/c1-28-17-9-8-13(24(26)27)11-15(17)21-19(25)12-23-10-4-6-16(23)20-22-14-5-2-3-7-18(14)29-20/h2-3,5,7-9,11,16H,4,6,10,12H2,1H3,(H,21,25)/t16-/m0/s1. The van der Waals surface area contributed by atoms with Crippen LogP contribution in [0.5, 0.6) is 5.75 Å². The van der Waals surface area contributed by atoms with Crippen LogP contribution in [0.1, 0.15) is 23.9 Å². The number of nitro benzene ring substituents is 1. The molecule has 3 aromatic rings. The smallest absolute Gasteiger partial charge is 0.271 e. The van der Waals surface area contributed by atoms with Crippen molar-refractivity contribution >= 4 is 38.8 Å². The lowest BCUT2D eigenvalue weighted by molar-refractivity contribution is -0.384. The molecule has 0 bridgehead atoms. The molecule has 2 aromatic carbocycles. The first-order chi connectivity index (χ1) is 14.0. The molecule has 150 valence electrons. The van der Waals surface area contributed by atoms with E-state index in [1.54, 1.807) is 11.3 Å². The molecule has 0 unspecified atom stereocenters. The predicted octanol–water partition coefficient (Wildman–Crippen LogP) is 3.99. The van der Waals surface area contributed by atoms with Gasteiger partial charge in [0.25, 0.3) is 5.69 Å². The molecular formula is C20H20N4O4S. The average molecular weight is 412 g/mol. The lowest BCUT2D eigenvalue weighted by Gasteiger charge is -2.22. The van der Waals surface area contributed by atoms with E-state index in [1.165, 1.54) is 25.3 Å². The topological polar surface area (TPSA) is 97.6 Å². The normalized spacial score (nSPS) is 16.8. The predicted molar refractivity (Wildman–Crippen MR) is 111 cm³/mol. The van der Waals surface area contributed by atoms with E-state index in [2.05, 4.69) is 16.3 Å². The number of aromatic nitrogens is 1. The maximum atomic E-state index is 12.7. The molecule has 4 rings (SSSR count). The Morgan fingerprint density at radius 1 is 1.38 bits per heavy atom. The van der Waals surface area contributed by atoms with Crippen LogP contribution < -0.4 is 10.1 Å². The summed E-state index contributed by atoms with van der Waals surface area (Å²) < 4.78 is 6.35. The molecule has 8 nitrogen and oxygen atoms in total. The summed E-state index contributed by atoms with van der Waals surface area (Å²) in [5, 5.41) is 14.8. The van der Waals surface area contributed by atoms with Crippen molar-refractivity contribution in [3.63, 3.8) is 0 Å². The summed E-state index contributed by atoms with van der Waals surface area (Å²) in [6, 6.07) is 12.3. The molecule has 0 radical (unpaired) electrons. The molecule has 1 atom stereocenters. The van der Waals surface area contributed by atoms with Crippen LogP contribution >= 0.6 is 11.3 Å². The monoisotopic (exact) mass is 412 g/mol. The number of hydrogen-bond acceptors (Lipinski definition) is 7. The number of nitrogens with zero attached hydrogens (tertiary/aromatic N) is 3. The third-order valence-corrected chi connectivity index (χ3v) is 6.11. The number of carbonyl (C=O) groups excluding carboxylic acids is 1. The Morgan fingerprint density at radius 2 is 2.21 bits per heavy atom. The van der Waals surface area contributed by atoms with Crippen LogP contribution in [0.15, 0.2) is 42.5 Å². The van der Waals surface area contributed by atoms with E-state index in [1.807, 2.05) is 18.2 Å². The van der Waals surface area contributed by atoms with Crippen LogP contribution in [0.25, 0.3) is 10.2 Å². The van der Waals surface area contributed by atoms with Gasteiger partial charge in [0.2, 0.25) is 5.91 Å². The third-order valence-electron chi connectivity index (χ3n) is 4.97. The van der Waals surface area contributed by atoms with E-state index in [0.29, 0.717) is 11.4 Å². The van der Waals surface area contributed by atoms with Crippen molar-refractivity contribution in [1.29, 1.82) is 0 Å². The van der Waals surface area contributed by atoms with Crippen LogP contribution in [0, 0.1) is 10.1 Å². The maximum absolute atomic E-state index is 12.7. The summed E-state index contributed by atoms with van der Waals surface area (Å²) in [6.07, 6.45) is 1.95. The van der Waals surface area contributed by atoms with Gasteiger partial charge in [-0.2, -0.15) is 0 Å². The van der Waals surface area contributed by atoms with Gasteiger partial charge in [-0.25, -0.2) is 4.98 Å². The van der Waals surface area contributed by atoms with Crippen LogP contribution in [-0.2, 0) is 4.79 Å². The number of nitrogens with one attached hydrogen (secondary N) is 1. The zero-order valence-electron chi connectivity index (χ0n) is 15.8. The lowest BCUT2D eigenvalue weighted by atomic mass is 10.2. The van der Waals surface area contributed by atoms with Gasteiger partial charge in [0, 0.05) is 12.1 Å². The second-order valence-corrected chi connectivity index (χ2v) is 7.90. The van der Waals surface area contributed by atoms with Gasteiger partial charge in [-0.05, 0) is 37.6 Å². The van der Waals surface area contributed by atoms with Crippen LogP contribution in [0.4, 0.5) is 11.4 Å². The first-order valence-corrected chi connectivity index (χ1v) is 10.1. The second kappa shape index (κ2) is 8.14. The zero-order valence-corrected chi connectivity index (χ0v) is 16.6. The Bertz CT molecular complexity index is 1030. The number of anilines is 1. The molecule has 1 N–H and O–H groups in total. The number of thiazole rings is 1. The Morgan fingerprint density at radius 3 is 2.97 bits per heavy atom. The fourth-order valence-electron chi connectivity index (χ4n) is 3.61. The van der Waals surface area contributed by atoms with E-state index >= 15 is 0 Å². The number of likely N-dealkylation sites (tertiary alicyclic amines) is 1. The molecule has 2 heterocycles. The highest BCUT2D eigenvalue weighted by atomic mass is 32.1. The molecule has 1 fully saturated rings. The lowest BCUT2D eigenvalue weighted by Crippen LogP contribution is -2.33. The molecule has 0 aliphatic carbocycles. The van der Waals surface area contributed by atoms with Crippen molar-refractivity contribution in [2.75, 3.05) is 25.5 Å². The van der Waals surface area contributed by atoms with Gasteiger partial charge in [0.05, 0.1) is 40.5 Å². The summed E-state index contributed by atoms with van der Waals surface area (Å²) >= 11 is 1.66. The molecule has 1 aliphatic heterocycles. The Labute approximate surface area is 171 Å². The Hall–Kier alpha value is -3.04. The molecular weight excluding hydrogens is 392 g/mol. The van der Waals surface area contributed by atoms with E-state index in [0.717, 1.165) is 34.6 Å². The van der Waals surface area contributed by atoms with Crippen molar-refractivity contribution in [3.8, 4) is 5.75 Å². The number of ether oxygens (including phenoxy) is 1. The van der Waals surface area contributed by atoms with Gasteiger partial charge in [-0.3, -0.25) is 19.8 Å². The highest BCUT2D eigenvalue weighted by Crippen LogP contribution is 2.36. The minimum Gasteiger partial charge on any atom is -0.495 e. The molecule has 1 amide bonds. The van der Waals surface area contributed by atoms with E-state index < -0.39 is 4.92 Å². The molecule has 1 aliphatic rings. The minimum atomic E-state index is -0.501. The first kappa shape index (κ1) is 19.3. The van der Waals surface area contributed by atoms with Crippen molar-refractivity contribution < 1.29 is 14.5 Å². The van der Waals surface area contributed by atoms with Gasteiger partial charge in [-0.15, -0.1) is 11.3 Å². The Kier molecular flexibility index (Phi) is 5.41. The number of fused-ring (bicyclic) bond motifs is 1. The molecule has 0 spiro atoms. The van der Waals surface area contributed by atoms with E-state index in [9.17, 15) is 14.9 Å². The summed E-state index contributed by atoms with van der Waals surface area (Å²) in [4.78, 5) is 30.1. The number of non-ortho nitro benzene ring substituents is 1. The van der Waals surface area contributed by atoms with Crippen molar-refractivity contribution in [3.05, 3.63) is 57.6 Å². The van der Waals surface area contributed by atoms with Crippen LogP contribution in [0.3, 0.4) is 0 Å². The van der Waals surface area contributed by atoms with Gasteiger partial charge >= 0.3 is 0 Å². The van der Waals surface area contributed by atoms with Crippen LogP contribution in [-0.4, -0.2) is 40.9 Å². The van der Waals surface area contributed by atoms with Crippen molar-refractivity contribution in [1.82, 2.24) is 9.88 Å². The van der Waals surface area contributed by atoms with Crippen LogP contribution in [0.2, 0.25) is 0 Å². The number of para-hydroxylation sites is 1. The molecule has 0 saturated carbocycles. The SMILES string of the molecule is COc1ccc([N+](=O)[O-])cc1NC(=O)CN1CCC[C@H]1c1nc2ccccc2s1. The van der Waals surface area contributed by atoms with E-state index in [4.69, 9.17) is 9.72 Å². The molecule has 1 saturated heterocycles. The summed E-state index contributed by atoms with van der Waals surface area (Å²) in [6.45, 7) is 0.993. The number of benzene rings is 2. The summed E-state index contributed by atoms with van der Waals surface area (Å²) in [5.74, 6) is 0.143. The number of amides is 1. The maximum Gasteiger partial charge on any atom is 0.271 e. The van der Waals surface area contributed by atoms with Gasteiger partial charge in [0.15, 0.2) is 0 Å². The number of carbonyl (C=O) groups is 1. The van der Waals surface area contributed by atoms with Gasteiger partial charge < -0.3 is 10.1 Å². The third kappa shape index (κ3) is 4.06. The quantitative estimate of drug-likeness (QED) is 0.486. The zero-order chi connectivity index (χ0) is 20.4. The van der Waals surface area contributed by atoms with Crippen molar-refractivity contribution in [2.24, 2.45) is 0 Å².